The van der Waals surface area contributed by atoms with Gasteiger partial charge in [-0.05, 0) is 42.0 Å². The Hall–Kier alpha value is -4.40. The molecule has 0 aliphatic heterocycles. The standard InChI is InChI=1S/C21H15FN4O4/c22-15-8-9-17(25-21(28)18-6-1-2-11-23-18)19(13-15)24-20(27)10-7-14-4-3-5-16(12-14)26(29)30/h1-13H,(H,24,27)(H,25,28)/b10-7+. The maximum Gasteiger partial charge on any atom is 0.274 e. The highest BCUT2D eigenvalue weighted by Crippen LogP contribution is 2.23. The van der Waals surface area contributed by atoms with Gasteiger partial charge >= 0.3 is 0 Å². The predicted molar refractivity (Wildman–Crippen MR) is 109 cm³/mol. The first-order valence-electron chi connectivity index (χ1n) is 8.68. The molecule has 0 atom stereocenters. The molecular weight excluding hydrogens is 391 g/mol. The number of nitrogens with zero attached hydrogens (tertiary/aromatic N) is 2. The number of anilines is 2. The largest absolute Gasteiger partial charge is 0.321 e. The Balaban J connectivity index is 1.75. The van der Waals surface area contributed by atoms with Crippen molar-refractivity contribution in [2.24, 2.45) is 0 Å². The van der Waals surface area contributed by atoms with Crippen molar-refractivity contribution >= 4 is 35.0 Å². The van der Waals surface area contributed by atoms with Crippen LogP contribution in [0.3, 0.4) is 0 Å². The Labute approximate surface area is 170 Å². The van der Waals surface area contributed by atoms with Gasteiger partial charge in [0.1, 0.15) is 11.5 Å². The topological polar surface area (TPSA) is 114 Å². The highest BCUT2D eigenvalue weighted by atomic mass is 19.1. The molecule has 0 spiro atoms. The fourth-order valence-electron chi connectivity index (χ4n) is 2.50. The Kier molecular flexibility index (Phi) is 6.23. The Bertz CT molecular complexity index is 1130. The van der Waals surface area contributed by atoms with E-state index in [0.717, 1.165) is 18.2 Å². The van der Waals surface area contributed by atoms with E-state index in [4.69, 9.17) is 0 Å². The van der Waals surface area contributed by atoms with Gasteiger partial charge in [0.25, 0.3) is 11.6 Å². The smallest absolute Gasteiger partial charge is 0.274 e. The third kappa shape index (κ3) is 5.32. The lowest BCUT2D eigenvalue weighted by Gasteiger charge is -2.11. The number of pyridine rings is 1. The summed E-state index contributed by atoms with van der Waals surface area (Å²) in [6, 6.07) is 14.1. The summed E-state index contributed by atoms with van der Waals surface area (Å²) in [4.78, 5) is 38.7. The predicted octanol–water partition coefficient (Wildman–Crippen LogP) is 4.03. The van der Waals surface area contributed by atoms with Crippen LogP contribution in [0.2, 0.25) is 0 Å². The summed E-state index contributed by atoms with van der Waals surface area (Å²) in [7, 11) is 0. The van der Waals surface area contributed by atoms with Crippen LogP contribution in [0.5, 0.6) is 0 Å². The number of carbonyl (C=O) groups is 2. The van der Waals surface area contributed by atoms with E-state index in [9.17, 15) is 24.1 Å². The van der Waals surface area contributed by atoms with Gasteiger partial charge < -0.3 is 10.6 Å². The van der Waals surface area contributed by atoms with E-state index in [1.807, 2.05) is 0 Å². The number of non-ortho nitro benzene ring substituents is 1. The maximum absolute atomic E-state index is 13.7. The molecule has 0 bridgehead atoms. The molecule has 0 radical (unpaired) electrons. The molecule has 8 nitrogen and oxygen atoms in total. The van der Waals surface area contributed by atoms with Crippen LogP contribution in [0.1, 0.15) is 16.1 Å². The normalized spacial score (nSPS) is 10.6. The SMILES string of the molecule is O=C(/C=C/c1cccc([N+](=O)[O-])c1)Nc1cc(F)ccc1NC(=O)c1ccccn1. The number of nitro benzene ring substituents is 1. The van der Waals surface area contributed by atoms with Gasteiger partial charge in [0.2, 0.25) is 5.91 Å². The number of rotatable bonds is 6. The number of nitro groups is 1. The van der Waals surface area contributed by atoms with Crippen molar-refractivity contribution in [3.8, 4) is 0 Å². The maximum atomic E-state index is 13.7. The third-order valence-corrected chi connectivity index (χ3v) is 3.89. The average molecular weight is 406 g/mol. The number of benzene rings is 2. The highest BCUT2D eigenvalue weighted by Gasteiger charge is 2.12. The summed E-state index contributed by atoms with van der Waals surface area (Å²) in [5.41, 5.74) is 0.728. The monoisotopic (exact) mass is 406 g/mol. The second-order valence-electron chi connectivity index (χ2n) is 6.03. The zero-order valence-electron chi connectivity index (χ0n) is 15.4. The van der Waals surface area contributed by atoms with Crippen molar-refractivity contribution in [2.45, 2.75) is 0 Å². The second kappa shape index (κ2) is 9.20. The molecule has 3 aromatic rings. The molecule has 1 heterocycles. The van der Waals surface area contributed by atoms with Gasteiger partial charge in [-0.1, -0.05) is 18.2 Å². The fourth-order valence-corrected chi connectivity index (χ4v) is 2.50. The molecule has 0 aliphatic rings. The lowest BCUT2D eigenvalue weighted by Crippen LogP contribution is -2.16. The van der Waals surface area contributed by atoms with E-state index in [1.165, 1.54) is 42.6 Å². The van der Waals surface area contributed by atoms with Gasteiger partial charge in [0.15, 0.2) is 0 Å². The van der Waals surface area contributed by atoms with Crippen LogP contribution in [-0.2, 0) is 4.79 Å². The third-order valence-electron chi connectivity index (χ3n) is 3.89. The van der Waals surface area contributed by atoms with Gasteiger partial charge in [-0.25, -0.2) is 4.39 Å². The van der Waals surface area contributed by atoms with Crippen molar-refractivity contribution in [1.29, 1.82) is 0 Å². The summed E-state index contributed by atoms with van der Waals surface area (Å²) in [5.74, 6) is -1.74. The zero-order valence-corrected chi connectivity index (χ0v) is 15.4. The molecule has 2 N–H and O–H groups in total. The molecule has 9 heteroatoms. The molecule has 1 aromatic heterocycles. The minimum atomic E-state index is -0.611. The van der Waals surface area contributed by atoms with Gasteiger partial charge in [-0.15, -0.1) is 0 Å². The zero-order chi connectivity index (χ0) is 21.5. The van der Waals surface area contributed by atoms with Crippen molar-refractivity contribution in [1.82, 2.24) is 4.98 Å². The number of hydrogen-bond donors (Lipinski definition) is 2. The van der Waals surface area contributed by atoms with Crippen LogP contribution in [0.15, 0.2) is 72.9 Å². The number of amides is 2. The van der Waals surface area contributed by atoms with Crippen molar-refractivity contribution in [3.63, 3.8) is 0 Å². The van der Waals surface area contributed by atoms with Crippen LogP contribution >= 0.6 is 0 Å². The minimum absolute atomic E-state index is 0.0490. The summed E-state index contributed by atoms with van der Waals surface area (Å²) in [6.07, 6.45) is 3.99. The number of nitrogens with one attached hydrogen (secondary N) is 2. The molecule has 0 saturated carbocycles. The summed E-state index contributed by atoms with van der Waals surface area (Å²) < 4.78 is 13.7. The van der Waals surface area contributed by atoms with Crippen LogP contribution in [0, 0.1) is 15.9 Å². The first kappa shape index (κ1) is 20.3. The number of halogens is 1. The van der Waals surface area contributed by atoms with E-state index in [-0.39, 0.29) is 22.8 Å². The Morgan fingerprint density at radius 3 is 2.57 bits per heavy atom. The van der Waals surface area contributed by atoms with E-state index in [1.54, 1.807) is 18.2 Å². The minimum Gasteiger partial charge on any atom is -0.321 e. The molecule has 0 aliphatic carbocycles. The first-order valence-corrected chi connectivity index (χ1v) is 8.68. The first-order chi connectivity index (χ1) is 14.4. The van der Waals surface area contributed by atoms with Gasteiger partial charge in [-0.2, -0.15) is 0 Å². The summed E-state index contributed by atoms with van der Waals surface area (Å²) >= 11 is 0. The van der Waals surface area contributed by atoms with Crippen LogP contribution < -0.4 is 10.6 Å². The molecular formula is C21H15FN4O4. The molecule has 0 unspecified atom stereocenters. The summed E-state index contributed by atoms with van der Waals surface area (Å²) in [6.45, 7) is 0. The molecule has 3 rings (SSSR count). The van der Waals surface area contributed by atoms with Crippen LogP contribution in [-0.4, -0.2) is 21.7 Å². The van der Waals surface area contributed by atoms with Gasteiger partial charge in [0, 0.05) is 24.4 Å². The number of carbonyl (C=O) groups excluding carboxylic acids is 2. The number of aromatic nitrogens is 1. The molecule has 150 valence electrons. The lowest BCUT2D eigenvalue weighted by atomic mass is 10.2. The second-order valence-corrected chi connectivity index (χ2v) is 6.03. The van der Waals surface area contributed by atoms with E-state index < -0.39 is 22.6 Å². The molecule has 0 saturated heterocycles. The highest BCUT2D eigenvalue weighted by molar-refractivity contribution is 6.08. The average Bonchev–Trinajstić information content (AvgIpc) is 2.75. The van der Waals surface area contributed by atoms with Crippen LogP contribution in [0.4, 0.5) is 21.5 Å². The summed E-state index contributed by atoms with van der Waals surface area (Å²) in [5, 5.41) is 15.9. The van der Waals surface area contributed by atoms with Gasteiger partial charge in [0.05, 0.1) is 16.3 Å². The number of hydrogen-bond acceptors (Lipinski definition) is 5. The molecule has 0 fully saturated rings. The lowest BCUT2D eigenvalue weighted by molar-refractivity contribution is -0.384. The fraction of sp³-hybridized carbons (Fsp3) is 0. The van der Waals surface area contributed by atoms with E-state index in [0.29, 0.717) is 5.56 Å². The Morgan fingerprint density at radius 1 is 1.00 bits per heavy atom. The van der Waals surface area contributed by atoms with Crippen LogP contribution in [0.25, 0.3) is 6.08 Å². The van der Waals surface area contributed by atoms with Crippen molar-refractivity contribution < 1.29 is 18.9 Å². The molecule has 2 amide bonds. The van der Waals surface area contributed by atoms with Crippen molar-refractivity contribution in [3.05, 3.63) is 100 Å². The van der Waals surface area contributed by atoms with E-state index >= 15 is 0 Å². The van der Waals surface area contributed by atoms with E-state index in [2.05, 4.69) is 15.6 Å². The molecule has 2 aromatic carbocycles. The van der Waals surface area contributed by atoms with Gasteiger partial charge in [-0.3, -0.25) is 24.7 Å². The Morgan fingerprint density at radius 2 is 1.83 bits per heavy atom. The molecule has 30 heavy (non-hydrogen) atoms. The van der Waals surface area contributed by atoms with Crippen molar-refractivity contribution in [2.75, 3.05) is 10.6 Å². The quantitative estimate of drug-likeness (QED) is 0.364.